The Hall–Kier alpha value is -1.77. The summed E-state index contributed by atoms with van der Waals surface area (Å²) in [6, 6.07) is 20.9. The molecule has 0 unspecified atom stereocenters. The molecule has 0 radical (unpaired) electrons. The van der Waals surface area contributed by atoms with Crippen LogP contribution in [0.25, 0.3) is 0 Å². The number of benzene rings is 2. The van der Waals surface area contributed by atoms with Crippen LogP contribution in [0.4, 0.5) is 11.4 Å². The molecule has 10 heteroatoms. The molecule has 0 aliphatic heterocycles. The first-order valence-electron chi connectivity index (χ1n) is 13.0. The molecule has 0 saturated carbocycles. The van der Waals surface area contributed by atoms with Gasteiger partial charge < -0.3 is 0 Å². The summed E-state index contributed by atoms with van der Waals surface area (Å²) in [6.07, 6.45) is 8.18. The third-order valence-corrected chi connectivity index (χ3v) is 6.46. The van der Waals surface area contributed by atoms with E-state index in [9.17, 15) is 0 Å². The average molecular weight is 752 g/mol. The van der Waals surface area contributed by atoms with E-state index in [1.165, 1.54) is 33.4 Å². The van der Waals surface area contributed by atoms with Crippen molar-refractivity contribution >= 4 is 73.4 Å². The number of aliphatic imine (C=N–C) groups is 2. The monoisotopic (exact) mass is 748 g/mol. The van der Waals surface area contributed by atoms with Crippen molar-refractivity contribution in [3.05, 3.63) is 118 Å². The SMILES string of the molecule is Cc1cc(Cc2cc(C(C)C)c(N=Cc3ccccn3)c(C(C)C)c2)cc(C)c1N=Cc1ccccn1.Cl.Cl.Cl.Cl.[Ni].[Ni]. The number of hydrogen-bond donors (Lipinski definition) is 0. The first-order chi connectivity index (χ1) is 17.8. The van der Waals surface area contributed by atoms with E-state index in [-0.39, 0.29) is 82.6 Å². The zero-order valence-electron chi connectivity index (χ0n) is 25.0. The smallest absolute Gasteiger partial charge is 0.0812 e. The predicted molar refractivity (Wildman–Crippen MR) is 185 cm³/mol. The molecular formula is C33H40Cl4N4Ni2. The minimum atomic E-state index is 0. The van der Waals surface area contributed by atoms with Crippen molar-refractivity contribution in [3.63, 3.8) is 0 Å². The van der Waals surface area contributed by atoms with E-state index in [0.29, 0.717) is 11.8 Å². The minimum Gasteiger partial charge on any atom is -0.255 e. The predicted octanol–water partition coefficient (Wildman–Crippen LogP) is 10.1. The molecule has 4 rings (SSSR count). The molecule has 2 aromatic heterocycles. The van der Waals surface area contributed by atoms with Crippen LogP contribution in [0.2, 0.25) is 0 Å². The number of aromatic nitrogens is 2. The van der Waals surface area contributed by atoms with Gasteiger partial charge in [0.25, 0.3) is 0 Å². The van der Waals surface area contributed by atoms with Crippen molar-refractivity contribution < 1.29 is 33.0 Å². The summed E-state index contributed by atoms with van der Waals surface area (Å²) in [6.45, 7) is 13.2. The third-order valence-electron chi connectivity index (χ3n) is 6.46. The summed E-state index contributed by atoms with van der Waals surface area (Å²) >= 11 is 0. The molecule has 0 fully saturated rings. The average Bonchev–Trinajstić information content (AvgIpc) is 2.88. The topological polar surface area (TPSA) is 50.5 Å². The second-order valence-corrected chi connectivity index (χ2v) is 10.2. The summed E-state index contributed by atoms with van der Waals surface area (Å²) in [7, 11) is 0. The molecule has 0 bridgehead atoms. The molecule has 43 heavy (non-hydrogen) atoms. The fourth-order valence-electron chi connectivity index (χ4n) is 4.63. The molecule has 4 aromatic rings. The zero-order valence-corrected chi connectivity index (χ0v) is 30.2. The summed E-state index contributed by atoms with van der Waals surface area (Å²) in [5.74, 6) is 0.722. The van der Waals surface area contributed by atoms with Crippen molar-refractivity contribution in [3.8, 4) is 0 Å². The fraction of sp³-hybridized carbons (Fsp3) is 0.273. The van der Waals surface area contributed by atoms with Crippen LogP contribution >= 0.6 is 49.6 Å². The van der Waals surface area contributed by atoms with Crippen molar-refractivity contribution in [2.75, 3.05) is 0 Å². The number of aryl methyl sites for hydroxylation is 2. The number of halogens is 4. The van der Waals surface area contributed by atoms with Gasteiger partial charge in [-0.15, -0.1) is 49.6 Å². The number of hydrogen-bond acceptors (Lipinski definition) is 4. The molecule has 0 aliphatic carbocycles. The first-order valence-corrected chi connectivity index (χ1v) is 13.0. The van der Waals surface area contributed by atoms with E-state index in [4.69, 9.17) is 9.98 Å². The summed E-state index contributed by atoms with van der Waals surface area (Å²) in [5, 5.41) is 0. The Balaban J connectivity index is -0.00000267. The molecule has 0 spiro atoms. The minimum absolute atomic E-state index is 0. The quantitative estimate of drug-likeness (QED) is 0.133. The van der Waals surface area contributed by atoms with E-state index in [0.717, 1.165) is 29.2 Å². The van der Waals surface area contributed by atoms with E-state index >= 15 is 0 Å². The van der Waals surface area contributed by atoms with Gasteiger partial charge in [-0.3, -0.25) is 20.0 Å². The van der Waals surface area contributed by atoms with Gasteiger partial charge in [-0.25, -0.2) is 0 Å². The van der Waals surface area contributed by atoms with Crippen LogP contribution in [0.5, 0.6) is 0 Å². The van der Waals surface area contributed by atoms with Gasteiger partial charge in [-0.05, 0) is 89.8 Å². The van der Waals surface area contributed by atoms with Gasteiger partial charge in [0.05, 0.1) is 35.2 Å². The standard InChI is InChI=1S/C33H36N4.4ClH.2Ni/c1-22(2)30-18-27(19-31(23(3)4)33(30)37-21-29-12-8-10-14-35-29)17-26-15-24(5)32(25(6)16-26)36-20-28-11-7-9-13-34-28;;;;;;/h7-16,18-23H,17H2,1-6H3;4*1H;;. The van der Waals surface area contributed by atoms with Crippen LogP contribution in [0, 0.1) is 13.8 Å². The van der Waals surface area contributed by atoms with Crippen molar-refractivity contribution in [2.45, 2.75) is 59.8 Å². The van der Waals surface area contributed by atoms with Crippen molar-refractivity contribution in [2.24, 2.45) is 9.98 Å². The Morgan fingerprint density at radius 3 is 1.37 bits per heavy atom. The van der Waals surface area contributed by atoms with Crippen LogP contribution in [-0.2, 0) is 39.4 Å². The normalized spacial score (nSPS) is 10.2. The van der Waals surface area contributed by atoms with Crippen LogP contribution in [0.1, 0.15) is 84.3 Å². The van der Waals surface area contributed by atoms with Gasteiger partial charge in [0.1, 0.15) is 0 Å². The molecule has 0 atom stereocenters. The maximum atomic E-state index is 4.94. The van der Waals surface area contributed by atoms with Crippen LogP contribution in [-0.4, -0.2) is 22.4 Å². The second-order valence-electron chi connectivity index (χ2n) is 10.2. The van der Waals surface area contributed by atoms with Crippen molar-refractivity contribution in [1.82, 2.24) is 9.97 Å². The maximum absolute atomic E-state index is 4.94. The Morgan fingerprint density at radius 2 is 1.00 bits per heavy atom. The van der Waals surface area contributed by atoms with Crippen LogP contribution in [0.3, 0.4) is 0 Å². The molecule has 240 valence electrons. The van der Waals surface area contributed by atoms with Gasteiger partial charge in [-0.1, -0.05) is 64.1 Å². The van der Waals surface area contributed by atoms with Gasteiger partial charge in [0.2, 0.25) is 0 Å². The number of rotatable bonds is 8. The number of nitrogens with zero attached hydrogens (tertiary/aromatic N) is 4. The van der Waals surface area contributed by atoms with E-state index in [1.54, 1.807) is 12.4 Å². The third kappa shape index (κ3) is 12.6. The molecule has 2 aromatic carbocycles. The summed E-state index contributed by atoms with van der Waals surface area (Å²) in [4.78, 5) is 18.4. The summed E-state index contributed by atoms with van der Waals surface area (Å²) in [5.41, 5.74) is 11.3. The van der Waals surface area contributed by atoms with E-state index in [1.807, 2.05) is 48.8 Å². The molecule has 0 N–H and O–H groups in total. The Labute approximate surface area is 302 Å². The number of pyridine rings is 2. The Kier molecular flexibility index (Phi) is 23.2. The zero-order chi connectivity index (χ0) is 26.4. The van der Waals surface area contributed by atoms with Gasteiger partial charge in [0, 0.05) is 45.4 Å². The first kappa shape index (κ1) is 45.7. The molecule has 4 nitrogen and oxygen atoms in total. The van der Waals surface area contributed by atoms with E-state index < -0.39 is 0 Å². The fourth-order valence-corrected chi connectivity index (χ4v) is 4.63. The molecule has 0 amide bonds. The van der Waals surface area contributed by atoms with Gasteiger partial charge >= 0.3 is 0 Å². The molecular weight excluding hydrogens is 712 g/mol. The van der Waals surface area contributed by atoms with Crippen LogP contribution < -0.4 is 0 Å². The Bertz CT molecular complexity index is 1380. The largest absolute Gasteiger partial charge is 0.255 e. The second kappa shape index (κ2) is 21.8. The maximum Gasteiger partial charge on any atom is 0.0812 e. The van der Waals surface area contributed by atoms with Crippen molar-refractivity contribution in [1.29, 1.82) is 0 Å². The molecule has 2 heterocycles. The van der Waals surface area contributed by atoms with E-state index in [2.05, 4.69) is 75.8 Å². The molecule has 0 aliphatic rings. The molecule has 0 saturated heterocycles. The van der Waals surface area contributed by atoms with Crippen LogP contribution in [0.15, 0.2) is 83.0 Å². The Morgan fingerprint density at radius 1 is 0.605 bits per heavy atom. The van der Waals surface area contributed by atoms with Gasteiger partial charge in [-0.2, -0.15) is 0 Å². The van der Waals surface area contributed by atoms with Gasteiger partial charge in [0.15, 0.2) is 0 Å². The summed E-state index contributed by atoms with van der Waals surface area (Å²) < 4.78 is 0.